The van der Waals surface area contributed by atoms with Gasteiger partial charge in [-0.1, -0.05) is 33.6 Å². The van der Waals surface area contributed by atoms with Crippen molar-refractivity contribution in [1.82, 2.24) is 10.2 Å². The predicted octanol–water partition coefficient (Wildman–Crippen LogP) is 1.35. The summed E-state index contributed by atoms with van der Waals surface area (Å²) < 4.78 is 0. The van der Waals surface area contributed by atoms with E-state index in [1.54, 1.807) is 0 Å². The van der Waals surface area contributed by atoms with Gasteiger partial charge in [-0.05, 0) is 25.8 Å². The van der Waals surface area contributed by atoms with E-state index in [4.69, 9.17) is 5.73 Å². The third-order valence-electron chi connectivity index (χ3n) is 3.88. The molecular formula is C14H29N3O. The van der Waals surface area contributed by atoms with Crippen LogP contribution in [0.2, 0.25) is 0 Å². The van der Waals surface area contributed by atoms with Crippen molar-refractivity contribution < 1.29 is 4.79 Å². The SMILES string of the molecule is CC1CCCC(N(C)CC(NC(C)C)C(N)=O)C1. The molecule has 0 aromatic carbocycles. The maximum Gasteiger partial charge on any atom is 0.235 e. The second-order valence-corrected chi connectivity index (χ2v) is 6.14. The first-order valence-electron chi connectivity index (χ1n) is 7.15. The number of hydrogen-bond donors (Lipinski definition) is 2. The Hall–Kier alpha value is -0.610. The molecule has 0 aromatic rings. The van der Waals surface area contributed by atoms with Gasteiger partial charge in [-0.3, -0.25) is 4.79 Å². The molecule has 1 saturated carbocycles. The minimum absolute atomic E-state index is 0.243. The second kappa shape index (κ2) is 7.10. The maximum absolute atomic E-state index is 11.5. The van der Waals surface area contributed by atoms with Crippen molar-refractivity contribution in [3.05, 3.63) is 0 Å². The highest BCUT2D eigenvalue weighted by molar-refractivity contribution is 5.80. The smallest absolute Gasteiger partial charge is 0.235 e. The zero-order valence-electron chi connectivity index (χ0n) is 12.3. The van der Waals surface area contributed by atoms with Crippen LogP contribution in [0.1, 0.15) is 46.5 Å². The molecule has 1 aliphatic rings. The number of likely N-dealkylation sites (N-methyl/N-ethyl adjacent to an activating group) is 1. The lowest BCUT2D eigenvalue weighted by atomic mass is 9.86. The summed E-state index contributed by atoms with van der Waals surface area (Å²) in [4.78, 5) is 13.8. The zero-order chi connectivity index (χ0) is 13.7. The number of nitrogens with zero attached hydrogens (tertiary/aromatic N) is 1. The van der Waals surface area contributed by atoms with Crippen LogP contribution in [0.5, 0.6) is 0 Å². The van der Waals surface area contributed by atoms with E-state index in [0.29, 0.717) is 12.6 Å². The third-order valence-corrected chi connectivity index (χ3v) is 3.88. The van der Waals surface area contributed by atoms with Gasteiger partial charge in [-0.2, -0.15) is 0 Å². The fraction of sp³-hybridized carbons (Fsp3) is 0.929. The van der Waals surface area contributed by atoms with Crippen LogP contribution in [-0.2, 0) is 4.79 Å². The highest BCUT2D eigenvalue weighted by Gasteiger charge is 2.26. The highest BCUT2D eigenvalue weighted by atomic mass is 16.1. The van der Waals surface area contributed by atoms with Gasteiger partial charge in [0.25, 0.3) is 0 Å². The number of hydrogen-bond acceptors (Lipinski definition) is 3. The molecule has 0 aromatic heterocycles. The van der Waals surface area contributed by atoms with Crippen LogP contribution in [0, 0.1) is 5.92 Å². The Morgan fingerprint density at radius 2 is 2.11 bits per heavy atom. The van der Waals surface area contributed by atoms with Gasteiger partial charge in [-0.15, -0.1) is 0 Å². The van der Waals surface area contributed by atoms with E-state index in [1.807, 2.05) is 13.8 Å². The van der Waals surface area contributed by atoms with Crippen LogP contribution in [0.3, 0.4) is 0 Å². The van der Waals surface area contributed by atoms with Gasteiger partial charge in [0, 0.05) is 18.6 Å². The molecule has 106 valence electrons. The van der Waals surface area contributed by atoms with Crippen molar-refractivity contribution in [1.29, 1.82) is 0 Å². The predicted molar refractivity (Wildman–Crippen MR) is 75.3 cm³/mol. The normalized spacial score (nSPS) is 26.6. The first-order chi connectivity index (χ1) is 8.40. The summed E-state index contributed by atoms with van der Waals surface area (Å²) in [6, 6.07) is 0.637. The monoisotopic (exact) mass is 255 g/mol. The van der Waals surface area contributed by atoms with E-state index < -0.39 is 0 Å². The van der Waals surface area contributed by atoms with Crippen molar-refractivity contribution >= 4 is 5.91 Å². The summed E-state index contributed by atoms with van der Waals surface area (Å²) in [7, 11) is 2.11. The Kier molecular flexibility index (Phi) is 6.09. The molecule has 3 N–H and O–H groups in total. The first kappa shape index (κ1) is 15.4. The lowest BCUT2D eigenvalue weighted by molar-refractivity contribution is -0.120. The first-order valence-corrected chi connectivity index (χ1v) is 7.15. The lowest BCUT2D eigenvalue weighted by Crippen LogP contribution is -2.52. The highest BCUT2D eigenvalue weighted by Crippen LogP contribution is 2.26. The van der Waals surface area contributed by atoms with Gasteiger partial charge in [0.05, 0.1) is 6.04 Å². The Balaban J connectivity index is 2.49. The molecule has 0 heterocycles. The van der Waals surface area contributed by atoms with Crippen LogP contribution in [0.15, 0.2) is 0 Å². The van der Waals surface area contributed by atoms with Crippen molar-refractivity contribution in [2.45, 2.75) is 64.6 Å². The van der Waals surface area contributed by atoms with E-state index in [2.05, 4.69) is 24.2 Å². The molecule has 0 aliphatic heterocycles. The number of nitrogens with one attached hydrogen (secondary N) is 1. The Morgan fingerprint density at radius 1 is 1.44 bits per heavy atom. The number of primary amides is 1. The number of nitrogens with two attached hydrogens (primary N) is 1. The van der Waals surface area contributed by atoms with Crippen LogP contribution in [0.25, 0.3) is 0 Å². The molecule has 3 unspecified atom stereocenters. The quantitative estimate of drug-likeness (QED) is 0.753. The lowest BCUT2D eigenvalue weighted by Gasteiger charge is -2.36. The zero-order valence-corrected chi connectivity index (χ0v) is 12.3. The van der Waals surface area contributed by atoms with E-state index in [9.17, 15) is 4.79 Å². The molecule has 4 nitrogen and oxygen atoms in total. The number of carbonyl (C=O) groups excluding carboxylic acids is 1. The number of rotatable bonds is 6. The minimum Gasteiger partial charge on any atom is -0.368 e. The maximum atomic E-state index is 11.5. The van der Waals surface area contributed by atoms with Crippen molar-refractivity contribution in [2.75, 3.05) is 13.6 Å². The Labute approximate surface area is 111 Å². The summed E-state index contributed by atoms with van der Waals surface area (Å²) in [5, 5.41) is 3.24. The summed E-state index contributed by atoms with van der Waals surface area (Å²) in [6.07, 6.45) is 5.13. The summed E-state index contributed by atoms with van der Waals surface area (Å²) >= 11 is 0. The van der Waals surface area contributed by atoms with Crippen LogP contribution < -0.4 is 11.1 Å². The molecule has 1 amide bonds. The van der Waals surface area contributed by atoms with E-state index in [-0.39, 0.29) is 18.0 Å². The van der Waals surface area contributed by atoms with Crippen molar-refractivity contribution in [3.63, 3.8) is 0 Å². The molecule has 1 aliphatic carbocycles. The Morgan fingerprint density at radius 3 is 2.61 bits per heavy atom. The fourth-order valence-electron chi connectivity index (χ4n) is 2.87. The molecule has 1 rings (SSSR count). The number of amides is 1. The van der Waals surface area contributed by atoms with Gasteiger partial charge < -0.3 is 16.0 Å². The second-order valence-electron chi connectivity index (χ2n) is 6.14. The average Bonchev–Trinajstić information content (AvgIpc) is 2.27. The van der Waals surface area contributed by atoms with E-state index in [0.717, 1.165) is 5.92 Å². The van der Waals surface area contributed by atoms with Crippen LogP contribution in [-0.4, -0.2) is 42.5 Å². The van der Waals surface area contributed by atoms with Gasteiger partial charge in [0.1, 0.15) is 0 Å². The molecule has 0 saturated heterocycles. The van der Waals surface area contributed by atoms with Crippen molar-refractivity contribution in [2.24, 2.45) is 11.7 Å². The standard InChI is InChI=1S/C14H29N3O/c1-10(2)16-13(14(15)18)9-17(4)12-7-5-6-11(3)8-12/h10-13,16H,5-9H2,1-4H3,(H2,15,18). The summed E-state index contributed by atoms with van der Waals surface area (Å²) in [5.41, 5.74) is 5.46. The largest absolute Gasteiger partial charge is 0.368 e. The van der Waals surface area contributed by atoms with Crippen molar-refractivity contribution in [3.8, 4) is 0 Å². The summed E-state index contributed by atoms with van der Waals surface area (Å²) in [5.74, 6) is 0.552. The van der Waals surface area contributed by atoms with Crippen LogP contribution >= 0.6 is 0 Å². The minimum atomic E-state index is -0.251. The van der Waals surface area contributed by atoms with E-state index in [1.165, 1.54) is 25.7 Å². The third kappa shape index (κ3) is 4.94. The topological polar surface area (TPSA) is 58.4 Å². The molecule has 18 heavy (non-hydrogen) atoms. The van der Waals surface area contributed by atoms with Gasteiger partial charge in [0.15, 0.2) is 0 Å². The summed E-state index contributed by atoms with van der Waals surface area (Å²) in [6.45, 7) is 7.11. The number of carbonyl (C=O) groups is 1. The molecule has 0 radical (unpaired) electrons. The molecular weight excluding hydrogens is 226 g/mol. The molecule has 0 bridgehead atoms. The van der Waals surface area contributed by atoms with Gasteiger partial charge in [-0.25, -0.2) is 0 Å². The molecule has 1 fully saturated rings. The molecule has 3 atom stereocenters. The fourth-order valence-corrected chi connectivity index (χ4v) is 2.87. The van der Waals surface area contributed by atoms with Crippen LogP contribution in [0.4, 0.5) is 0 Å². The average molecular weight is 255 g/mol. The van der Waals surface area contributed by atoms with Gasteiger partial charge >= 0.3 is 0 Å². The molecule has 0 spiro atoms. The van der Waals surface area contributed by atoms with E-state index >= 15 is 0 Å². The Bertz CT molecular complexity index is 268. The van der Waals surface area contributed by atoms with Gasteiger partial charge in [0.2, 0.25) is 5.91 Å². The molecule has 4 heteroatoms.